The second-order valence-corrected chi connectivity index (χ2v) is 10.0. The number of nitrogens with zero attached hydrogens (tertiary/aromatic N) is 2. The Bertz CT molecular complexity index is 2200. The molecule has 0 aliphatic carbocycles. The van der Waals surface area contributed by atoms with E-state index < -0.39 is 13.7 Å². The van der Waals surface area contributed by atoms with Crippen LogP contribution in [0.3, 0.4) is 0 Å². The monoisotopic (exact) mass is 736 g/mol. The fraction of sp³-hybridized carbons (Fsp3) is 0.0556. The molecule has 3 heterocycles. The van der Waals surface area contributed by atoms with Gasteiger partial charge in [0, 0.05) is 56.8 Å². The van der Waals surface area contributed by atoms with Gasteiger partial charge in [-0.25, -0.2) is 0 Å². The van der Waals surface area contributed by atoms with Gasteiger partial charge in [-0.05, 0) is 58.8 Å². The maximum Gasteiger partial charge on any atom is 0.0630 e. The number of rotatable bonds is 3. The van der Waals surface area contributed by atoms with Gasteiger partial charge in [0.15, 0.2) is 0 Å². The van der Waals surface area contributed by atoms with Crippen LogP contribution in [0.15, 0.2) is 115 Å². The van der Waals surface area contributed by atoms with Gasteiger partial charge in [-0.3, -0.25) is 4.39 Å². The molecule has 7 aromatic rings. The Morgan fingerprint density at radius 3 is 2.46 bits per heavy atom. The Labute approximate surface area is 266 Å². The Kier molecular flexibility index (Phi) is 6.42. The molecule has 0 saturated heterocycles. The molecule has 0 spiro atoms. The van der Waals surface area contributed by atoms with Crippen molar-refractivity contribution in [2.45, 2.75) is 13.7 Å². The molecular formula is C36H25FIrN2S-2. The predicted molar refractivity (Wildman–Crippen MR) is 165 cm³/mol. The average molecular weight is 736 g/mol. The maximum atomic E-state index is 12.9. The zero-order valence-electron chi connectivity index (χ0n) is 28.4. The van der Waals surface area contributed by atoms with E-state index in [1.165, 1.54) is 24.4 Å². The molecule has 5 heteroatoms. The first kappa shape index (κ1) is 20.8. The standard InChI is InChI=1S/C25H20N.C11H5FNS.Ir/c1-18-15-22(20-9-5-3-6-10-20)13-14-23(18)24-16-25(26-17-19(24)2)21-11-7-4-8-12-21;12-7-3-4-8-10(6-7)14-9-2-1-5-13-11(8)9;/h3-11,13-17H,1-2H3;1-3,5-6H;/q2*-1;/i1D3,2D3,14D;;. The molecule has 203 valence electrons. The van der Waals surface area contributed by atoms with Crippen LogP contribution in [0.2, 0.25) is 0 Å². The maximum absolute atomic E-state index is 12.9. The van der Waals surface area contributed by atoms with Crippen LogP contribution in [0.5, 0.6) is 0 Å². The van der Waals surface area contributed by atoms with Crippen molar-refractivity contribution in [2.75, 3.05) is 0 Å². The van der Waals surface area contributed by atoms with Crippen LogP contribution >= 0.6 is 11.3 Å². The first-order valence-corrected chi connectivity index (χ1v) is 13.2. The first-order valence-electron chi connectivity index (χ1n) is 15.9. The van der Waals surface area contributed by atoms with Crippen LogP contribution in [-0.2, 0) is 20.1 Å². The van der Waals surface area contributed by atoms with E-state index in [1.54, 1.807) is 47.9 Å². The van der Waals surface area contributed by atoms with Gasteiger partial charge in [0.2, 0.25) is 0 Å². The van der Waals surface area contributed by atoms with E-state index in [1.807, 2.05) is 48.5 Å². The van der Waals surface area contributed by atoms with Crippen molar-refractivity contribution in [1.29, 1.82) is 0 Å². The quantitative estimate of drug-likeness (QED) is 0.169. The summed E-state index contributed by atoms with van der Waals surface area (Å²) in [5, 5.41) is 0.909. The summed E-state index contributed by atoms with van der Waals surface area (Å²) in [7, 11) is 0. The fourth-order valence-corrected chi connectivity index (χ4v) is 5.44. The van der Waals surface area contributed by atoms with Gasteiger partial charge in [-0.15, -0.1) is 53.4 Å². The van der Waals surface area contributed by atoms with E-state index in [9.17, 15) is 4.39 Å². The number of fused-ring (bicyclic) bond motifs is 3. The van der Waals surface area contributed by atoms with Gasteiger partial charge in [0.25, 0.3) is 0 Å². The third-order valence-electron chi connectivity index (χ3n) is 6.30. The predicted octanol–water partition coefficient (Wildman–Crippen LogP) is 9.89. The molecule has 0 N–H and O–H groups in total. The van der Waals surface area contributed by atoms with Gasteiger partial charge >= 0.3 is 0 Å². The fourth-order valence-electron chi connectivity index (χ4n) is 4.38. The Morgan fingerprint density at radius 2 is 1.66 bits per heavy atom. The van der Waals surface area contributed by atoms with Crippen molar-refractivity contribution >= 4 is 31.6 Å². The molecule has 0 unspecified atom stereocenters. The summed E-state index contributed by atoms with van der Waals surface area (Å²) in [5.41, 5.74) is 3.40. The molecule has 41 heavy (non-hydrogen) atoms. The number of thiophene rings is 1. The summed E-state index contributed by atoms with van der Waals surface area (Å²) >= 11 is 1.54. The molecule has 7 rings (SSSR count). The minimum Gasteiger partial charge on any atom is -0.304 e. The largest absolute Gasteiger partial charge is 0.304 e. The summed E-state index contributed by atoms with van der Waals surface area (Å²) in [4.78, 5) is 8.55. The molecule has 0 aliphatic heterocycles. The van der Waals surface area contributed by atoms with Gasteiger partial charge in [-0.1, -0.05) is 71.4 Å². The molecular weight excluding hydrogens is 704 g/mol. The van der Waals surface area contributed by atoms with E-state index in [4.69, 9.17) is 9.60 Å². The van der Waals surface area contributed by atoms with Crippen molar-refractivity contribution in [3.8, 4) is 33.5 Å². The van der Waals surface area contributed by atoms with Gasteiger partial charge in [-0.2, -0.15) is 11.3 Å². The van der Waals surface area contributed by atoms with Crippen LogP contribution in [0.25, 0.3) is 53.8 Å². The van der Waals surface area contributed by atoms with E-state index >= 15 is 0 Å². The summed E-state index contributed by atoms with van der Waals surface area (Å²) in [6.07, 6.45) is 2.98. The molecule has 1 radical (unpaired) electrons. The first-order chi connectivity index (χ1) is 22.4. The number of aromatic nitrogens is 2. The molecule has 0 amide bonds. The zero-order chi connectivity index (χ0) is 33.3. The second-order valence-electron chi connectivity index (χ2n) is 8.94. The van der Waals surface area contributed by atoms with Crippen LogP contribution in [-0.4, -0.2) is 9.97 Å². The van der Waals surface area contributed by atoms with E-state index in [0.29, 0.717) is 16.8 Å². The summed E-state index contributed by atoms with van der Waals surface area (Å²) in [5.74, 6) is -0.246. The number of hydrogen-bond acceptors (Lipinski definition) is 3. The SMILES string of the molecule is Fc1c[c-]c2c(c1)sc1cccnc12.[2H]c1cc(-c2ccccc2)cc(C([2H])([2H])[2H])c1-c1cc(-c2[c-]cccc2)ncc1C([2H])([2H])[2H].[Ir]. The van der Waals surface area contributed by atoms with Crippen LogP contribution < -0.4 is 0 Å². The number of hydrogen-bond donors (Lipinski definition) is 0. The molecule has 2 nitrogen and oxygen atoms in total. The molecule has 0 bridgehead atoms. The topological polar surface area (TPSA) is 25.8 Å². The van der Waals surface area contributed by atoms with Gasteiger partial charge in [0.1, 0.15) is 0 Å². The molecule has 0 aliphatic rings. The molecule has 4 aromatic carbocycles. The molecule has 0 atom stereocenters. The van der Waals surface area contributed by atoms with Crippen molar-refractivity contribution in [2.24, 2.45) is 0 Å². The molecule has 3 aromatic heterocycles. The molecule has 0 saturated carbocycles. The van der Waals surface area contributed by atoms with Crippen molar-refractivity contribution < 1.29 is 34.1 Å². The Morgan fingerprint density at radius 1 is 0.805 bits per heavy atom. The van der Waals surface area contributed by atoms with Crippen LogP contribution in [0.4, 0.5) is 4.39 Å². The second kappa shape index (κ2) is 12.7. The average Bonchev–Trinajstić information content (AvgIpc) is 3.42. The number of halogens is 1. The Balaban J connectivity index is 0.000000249. The van der Waals surface area contributed by atoms with Gasteiger partial charge < -0.3 is 9.97 Å². The number of aryl methyl sites for hydroxylation is 2. The van der Waals surface area contributed by atoms with E-state index in [0.717, 1.165) is 25.9 Å². The minimum absolute atomic E-state index is 0. The summed E-state index contributed by atoms with van der Waals surface area (Å²) in [6, 6.07) is 33.6. The minimum atomic E-state index is -2.57. The van der Waals surface area contributed by atoms with Crippen molar-refractivity contribution in [1.82, 2.24) is 9.97 Å². The van der Waals surface area contributed by atoms with E-state index in [-0.39, 0.29) is 54.2 Å². The third kappa shape index (κ3) is 6.18. The zero-order valence-corrected chi connectivity index (χ0v) is 24.6. The van der Waals surface area contributed by atoms with Crippen molar-refractivity contribution in [3.05, 3.63) is 145 Å². The van der Waals surface area contributed by atoms with E-state index in [2.05, 4.69) is 22.1 Å². The third-order valence-corrected chi connectivity index (χ3v) is 7.40. The summed E-state index contributed by atoms with van der Waals surface area (Å²) in [6.45, 7) is -5.11. The summed E-state index contributed by atoms with van der Waals surface area (Å²) < 4.78 is 72.1. The van der Waals surface area contributed by atoms with Gasteiger partial charge in [0.05, 0.1) is 1.37 Å². The molecule has 0 fully saturated rings. The normalized spacial score (nSPS) is 13.7. The van der Waals surface area contributed by atoms with Crippen LogP contribution in [0, 0.1) is 31.7 Å². The number of pyridine rings is 2. The van der Waals surface area contributed by atoms with Crippen LogP contribution in [0.1, 0.15) is 20.7 Å². The number of benzene rings is 4. The Hall–Kier alpha value is -4.02. The van der Waals surface area contributed by atoms with Crippen molar-refractivity contribution in [3.63, 3.8) is 0 Å². The smallest absolute Gasteiger partial charge is 0.0630 e.